The summed E-state index contributed by atoms with van der Waals surface area (Å²) >= 11 is 0. The first-order valence-electron chi connectivity index (χ1n) is 7.49. The number of hydrogen-bond acceptors (Lipinski definition) is 8. The molecule has 0 aliphatic heterocycles. The monoisotopic (exact) mass is 353 g/mol. The number of aromatic nitrogens is 5. The van der Waals surface area contributed by atoms with Crippen LogP contribution in [0.3, 0.4) is 0 Å². The van der Waals surface area contributed by atoms with E-state index in [0.717, 1.165) is 11.1 Å². The summed E-state index contributed by atoms with van der Waals surface area (Å²) in [4.78, 5) is 38.7. The molecule has 0 amide bonds. The predicted molar refractivity (Wildman–Crippen MR) is 96.2 cm³/mol. The highest BCUT2D eigenvalue weighted by Crippen LogP contribution is 2.14. The zero-order chi connectivity index (χ0) is 18.7. The first-order chi connectivity index (χ1) is 12.4. The molecule has 0 unspecified atom stereocenters. The molecule has 10 nitrogen and oxygen atoms in total. The molecule has 0 radical (unpaired) electrons. The zero-order valence-electron chi connectivity index (χ0n) is 13.4. The van der Waals surface area contributed by atoms with Gasteiger partial charge in [-0.2, -0.15) is 15.0 Å². The van der Waals surface area contributed by atoms with Gasteiger partial charge in [0.1, 0.15) is 0 Å². The first-order valence-corrected chi connectivity index (χ1v) is 7.49. The van der Waals surface area contributed by atoms with Crippen LogP contribution in [-0.4, -0.2) is 30.0 Å². The second-order valence-corrected chi connectivity index (χ2v) is 5.40. The van der Waals surface area contributed by atoms with E-state index in [1.54, 1.807) is 24.3 Å². The highest BCUT2D eigenvalue weighted by atomic mass is 16.3. The Morgan fingerprint density at radius 3 is 2.23 bits per heavy atom. The Hall–Kier alpha value is -3.95. The molecule has 0 spiro atoms. The van der Waals surface area contributed by atoms with Crippen LogP contribution in [0.4, 0.5) is 11.9 Å². The van der Waals surface area contributed by atoms with Gasteiger partial charge in [-0.25, -0.2) is 4.79 Å². The van der Waals surface area contributed by atoms with E-state index in [4.69, 9.17) is 11.5 Å². The van der Waals surface area contributed by atoms with Gasteiger partial charge in [-0.15, -0.1) is 0 Å². The molecule has 0 saturated carbocycles. The number of nitrogen functional groups attached to an aromatic ring is 2. The summed E-state index contributed by atoms with van der Waals surface area (Å²) in [6, 6.07) is 7.22. The summed E-state index contributed by atoms with van der Waals surface area (Å²) in [7, 11) is 0. The van der Waals surface area contributed by atoms with E-state index in [0.29, 0.717) is 5.82 Å². The summed E-state index contributed by atoms with van der Waals surface area (Å²) in [6.07, 6.45) is 3.58. The van der Waals surface area contributed by atoms with Gasteiger partial charge < -0.3 is 16.6 Å². The standard InChI is InChI=1S/C16H15N7O3/c17-14-19-11(20-15(18)23-14)6-5-8-1-3-9(4-2-8)7-10-12(24)21-16(26)22-13(10)25/h1-6H,7H2,(H4,17,18,19,20,23)(H3,21,22,24,25,26). The molecule has 132 valence electrons. The Kier molecular flexibility index (Phi) is 4.48. The average molecular weight is 353 g/mol. The number of anilines is 2. The van der Waals surface area contributed by atoms with Crippen LogP contribution in [-0.2, 0) is 6.42 Å². The smallest absolute Gasteiger partial charge is 0.328 e. The number of rotatable bonds is 4. The lowest BCUT2D eigenvalue weighted by molar-refractivity contribution is 0.441. The summed E-state index contributed by atoms with van der Waals surface area (Å²) < 4.78 is 0. The zero-order valence-corrected chi connectivity index (χ0v) is 13.4. The maximum atomic E-state index is 11.8. The second kappa shape index (κ2) is 6.89. The van der Waals surface area contributed by atoms with Crippen molar-refractivity contribution in [1.82, 2.24) is 24.9 Å². The van der Waals surface area contributed by atoms with Crippen LogP contribution in [0.1, 0.15) is 22.5 Å². The van der Waals surface area contributed by atoms with Crippen molar-refractivity contribution >= 4 is 24.0 Å². The van der Waals surface area contributed by atoms with Gasteiger partial charge in [0, 0.05) is 6.42 Å². The molecule has 3 rings (SSSR count). The fourth-order valence-electron chi connectivity index (χ4n) is 2.29. The van der Waals surface area contributed by atoms with E-state index in [1.165, 1.54) is 0 Å². The van der Waals surface area contributed by atoms with E-state index in [-0.39, 0.29) is 23.9 Å². The van der Waals surface area contributed by atoms with E-state index in [9.17, 15) is 14.7 Å². The average Bonchev–Trinajstić information content (AvgIpc) is 2.56. The first kappa shape index (κ1) is 16.9. The molecule has 0 aliphatic rings. The Labute approximate surface area is 146 Å². The molecule has 1 aromatic carbocycles. The van der Waals surface area contributed by atoms with Crippen LogP contribution in [0, 0.1) is 0 Å². The number of hydrogen-bond donors (Lipinski definition) is 5. The largest absolute Gasteiger partial charge is 0.494 e. The van der Waals surface area contributed by atoms with Crippen LogP contribution >= 0.6 is 0 Å². The topological polar surface area (TPSA) is 177 Å². The molecule has 0 bridgehead atoms. The Morgan fingerprint density at radius 2 is 1.62 bits per heavy atom. The Balaban J connectivity index is 1.78. The lowest BCUT2D eigenvalue weighted by Crippen LogP contribution is -2.25. The predicted octanol–water partition coefficient (Wildman–Crippen LogP) is -0.121. The third-order valence-electron chi connectivity index (χ3n) is 3.49. The number of nitrogens with one attached hydrogen (secondary N) is 2. The van der Waals surface area contributed by atoms with E-state index < -0.39 is 17.1 Å². The van der Waals surface area contributed by atoms with Crippen molar-refractivity contribution in [1.29, 1.82) is 0 Å². The Morgan fingerprint density at radius 1 is 0.962 bits per heavy atom. The minimum absolute atomic E-state index is 0.0402. The van der Waals surface area contributed by atoms with E-state index >= 15 is 0 Å². The molecule has 0 saturated heterocycles. The van der Waals surface area contributed by atoms with Gasteiger partial charge >= 0.3 is 5.69 Å². The molecule has 0 atom stereocenters. The van der Waals surface area contributed by atoms with Crippen molar-refractivity contribution in [2.75, 3.05) is 11.5 Å². The molecule has 2 heterocycles. The minimum Gasteiger partial charge on any atom is -0.494 e. The molecule has 0 aliphatic carbocycles. The number of aromatic hydroxyl groups is 1. The number of aromatic amines is 2. The highest BCUT2D eigenvalue weighted by Gasteiger charge is 2.09. The Bertz CT molecular complexity index is 1060. The number of nitrogens with zero attached hydrogens (tertiary/aromatic N) is 3. The number of nitrogens with two attached hydrogens (primary N) is 2. The van der Waals surface area contributed by atoms with Gasteiger partial charge in [-0.05, 0) is 17.2 Å². The molecule has 26 heavy (non-hydrogen) atoms. The van der Waals surface area contributed by atoms with Crippen LogP contribution in [0.2, 0.25) is 0 Å². The van der Waals surface area contributed by atoms with Crippen molar-refractivity contribution < 1.29 is 5.11 Å². The summed E-state index contributed by atoms with van der Waals surface area (Å²) in [5.74, 6) is -0.0200. The van der Waals surface area contributed by atoms with Crippen LogP contribution in [0.25, 0.3) is 12.2 Å². The molecule has 10 heteroatoms. The lowest BCUT2D eigenvalue weighted by atomic mass is 10.0. The number of benzene rings is 1. The molecular weight excluding hydrogens is 338 g/mol. The van der Waals surface area contributed by atoms with E-state index in [2.05, 4.69) is 24.9 Å². The highest BCUT2D eigenvalue weighted by molar-refractivity contribution is 5.67. The third kappa shape index (κ3) is 3.93. The third-order valence-corrected chi connectivity index (χ3v) is 3.49. The summed E-state index contributed by atoms with van der Waals surface area (Å²) in [6.45, 7) is 0. The SMILES string of the molecule is Nc1nc(N)nc(C=Cc2ccc(Cc3c(O)[nH]c(=O)[nH]c3=O)cc2)n1. The van der Waals surface area contributed by atoms with Gasteiger partial charge in [0.15, 0.2) is 5.82 Å². The quantitative estimate of drug-likeness (QED) is 0.431. The van der Waals surface area contributed by atoms with Crippen LogP contribution in [0.5, 0.6) is 5.88 Å². The van der Waals surface area contributed by atoms with E-state index in [1.807, 2.05) is 12.1 Å². The maximum Gasteiger partial charge on any atom is 0.328 e. The summed E-state index contributed by atoms with van der Waals surface area (Å²) in [5.41, 5.74) is 11.4. The number of H-pyrrole nitrogens is 2. The maximum absolute atomic E-state index is 11.8. The van der Waals surface area contributed by atoms with Crippen molar-refractivity contribution in [2.45, 2.75) is 6.42 Å². The minimum atomic E-state index is -0.753. The fraction of sp³-hybridized carbons (Fsp3) is 0.0625. The fourth-order valence-corrected chi connectivity index (χ4v) is 2.29. The summed E-state index contributed by atoms with van der Waals surface area (Å²) in [5, 5.41) is 9.72. The molecule has 3 aromatic rings. The van der Waals surface area contributed by atoms with Crippen molar-refractivity contribution in [3.63, 3.8) is 0 Å². The molecule has 2 aromatic heterocycles. The van der Waals surface area contributed by atoms with Crippen LogP contribution < -0.4 is 22.7 Å². The molecule has 7 N–H and O–H groups in total. The van der Waals surface area contributed by atoms with Crippen molar-refractivity contribution in [3.8, 4) is 5.88 Å². The van der Waals surface area contributed by atoms with Gasteiger partial charge in [0.2, 0.25) is 17.8 Å². The van der Waals surface area contributed by atoms with Crippen molar-refractivity contribution in [3.05, 3.63) is 67.6 Å². The molecule has 0 fully saturated rings. The second-order valence-electron chi connectivity index (χ2n) is 5.40. The van der Waals surface area contributed by atoms with Crippen molar-refractivity contribution in [2.24, 2.45) is 0 Å². The van der Waals surface area contributed by atoms with Gasteiger partial charge in [0.25, 0.3) is 5.56 Å². The van der Waals surface area contributed by atoms with Gasteiger partial charge in [0.05, 0.1) is 5.56 Å². The van der Waals surface area contributed by atoms with Crippen LogP contribution in [0.15, 0.2) is 33.9 Å². The van der Waals surface area contributed by atoms with Gasteiger partial charge in [-0.1, -0.05) is 30.3 Å². The van der Waals surface area contributed by atoms with Gasteiger partial charge in [-0.3, -0.25) is 14.8 Å². The normalized spacial score (nSPS) is 11.1. The lowest BCUT2D eigenvalue weighted by Gasteiger charge is -2.04. The molecular formula is C16H15N7O3.